The molecule has 6 heteroatoms. The fourth-order valence-corrected chi connectivity index (χ4v) is 2.00. The summed E-state index contributed by atoms with van der Waals surface area (Å²) in [5.41, 5.74) is 3.08. The van der Waals surface area contributed by atoms with Crippen molar-refractivity contribution in [2.45, 2.75) is 13.8 Å². The lowest BCUT2D eigenvalue weighted by molar-refractivity contribution is -0.149. The zero-order chi connectivity index (χ0) is 18.2. The standard InChI is InChI=1S/C19H18N2O4/c1-13-6-7-17(8-14(13)2)24-12-19(23)25-11-18(22)21-16-5-3-4-15(9-16)10-20/h3-9H,11-12H2,1-2H3,(H,21,22). The van der Waals surface area contributed by atoms with Crippen molar-refractivity contribution in [2.24, 2.45) is 0 Å². The van der Waals surface area contributed by atoms with E-state index in [1.54, 1.807) is 24.3 Å². The summed E-state index contributed by atoms with van der Waals surface area (Å²) in [6.45, 7) is 3.23. The first-order valence-electron chi connectivity index (χ1n) is 7.63. The maximum Gasteiger partial charge on any atom is 0.344 e. The summed E-state index contributed by atoms with van der Waals surface area (Å²) >= 11 is 0. The van der Waals surface area contributed by atoms with Gasteiger partial charge >= 0.3 is 5.97 Å². The first kappa shape index (κ1) is 18.0. The van der Waals surface area contributed by atoms with Crippen LogP contribution in [0.5, 0.6) is 5.75 Å². The molecular formula is C19H18N2O4. The second-order valence-corrected chi connectivity index (χ2v) is 5.44. The van der Waals surface area contributed by atoms with E-state index in [2.05, 4.69) is 5.32 Å². The van der Waals surface area contributed by atoms with Crippen LogP contribution in [0.3, 0.4) is 0 Å². The smallest absolute Gasteiger partial charge is 0.344 e. The lowest BCUT2D eigenvalue weighted by atomic mass is 10.1. The molecule has 0 spiro atoms. The molecule has 0 atom stereocenters. The van der Waals surface area contributed by atoms with Crippen LogP contribution in [0.4, 0.5) is 5.69 Å². The lowest BCUT2D eigenvalue weighted by Gasteiger charge is -2.09. The maximum atomic E-state index is 11.8. The highest BCUT2D eigenvalue weighted by Crippen LogP contribution is 2.16. The van der Waals surface area contributed by atoms with Gasteiger partial charge in [-0.25, -0.2) is 4.79 Å². The summed E-state index contributed by atoms with van der Waals surface area (Å²) in [5, 5.41) is 11.4. The number of rotatable bonds is 6. The number of hydrogen-bond donors (Lipinski definition) is 1. The molecule has 0 saturated carbocycles. The molecule has 0 fully saturated rings. The van der Waals surface area contributed by atoms with Crippen molar-refractivity contribution in [1.82, 2.24) is 0 Å². The molecule has 0 aliphatic heterocycles. The Morgan fingerprint density at radius 3 is 2.60 bits per heavy atom. The van der Waals surface area contributed by atoms with Gasteiger partial charge in [-0.2, -0.15) is 5.26 Å². The molecule has 0 saturated heterocycles. The SMILES string of the molecule is Cc1ccc(OCC(=O)OCC(=O)Nc2cccc(C#N)c2)cc1C. The van der Waals surface area contributed by atoms with Crippen molar-refractivity contribution >= 4 is 17.6 Å². The van der Waals surface area contributed by atoms with Crippen LogP contribution in [-0.2, 0) is 14.3 Å². The molecule has 0 aliphatic rings. The van der Waals surface area contributed by atoms with Crippen LogP contribution in [0.2, 0.25) is 0 Å². The van der Waals surface area contributed by atoms with Gasteiger partial charge in [0.05, 0.1) is 11.6 Å². The molecule has 0 unspecified atom stereocenters. The van der Waals surface area contributed by atoms with Gasteiger partial charge in [-0.15, -0.1) is 0 Å². The zero-order valence-electron chi connectivity index (χ0n) is 14.0. The van der Waals surface area contributed by atoms with Gasteiger partial charge in [-0.05, 0) is 55.3 Å². The fourth-order valence-electron chi connectivity index (χ4n) is 2.00. The Balaban J connectivity index is 1.76. The molecule has 2 rings (SSSR count). The van der Waals surface area contributed by atoms with Gasteiger partial charge in [0.25, 0.3) is 5.91 Å². The van der Waals surface area contributed by atoms with E-state index in [0.29, 0.717) is 17.0 Å². The summed E-state index contributed by atoms with van der Waals surface area (Å²) in [4.78, 5) is 23.4. The number of aryl methyl sites for hydroxylation is 2. The van der Waals surface area contributed by atoms with Crippen LogP contribution in [-0.4, -0.2) is 25.1 Å². The third-order valence-electron chi connectivity index (χ3n) is 3.47. The quantitative estimate of drug-likeness (QED) is 0.818. The zero-order valence-corrected chi connectivity index (χ0v) is 14.0. The number of nitriles is 1. The monoisotopic (exact) mass is 338 g/mol. The number of nitrogens with zero attached hydrogens (tertiary/aromatic N) is 1. The van der Waals surface area contributed by atoms with E-state index in [-0.39, 0.29) is 6.61 Å². The number of benzene rings is 2. The normalized spacial score (nSPS) is 9.80. The first-order valence-corrected chi connectivity index (χ1v) is 7.63. The highest BCUT2D eigenvalue weighted by atomic mass is 16.6. The third-order valence-corrected chi connectivity index (χ3v) is 3.47. The van der Waals surface area contributed by atoms with Crippen LogP contribution < -0.4 is 10.1 Å². The molecule has 2 aromatic carbocycles. The predicted octanol–water partition coefficient (Wildman–Crippen LogP) is 2.74. The largest absolute Gasteiger partial charge is 0.482 e. The minimum absolute atomic E-state index is 0.278. The number of ether oxygens (including phenoxy) is 2. The highest BCUT2D eigenvalue weighted by molar-refractivity contribution is 5.93. The van der Waals surface area contributed by atoms with Crippen molar-refractivity contribution < 1.29 is 19.1 Å². The molecule has 6 nitrogen and oxygen atoms in total. The Labute approximate surface area is 146 Å². The second kappa shape index (κ2) is 8.50. The molecule has 1 amide bonds. The molecular weight excluding hydrogens is 320 g/mol. The Kier molecular flexibility index (Phi) is 6.13. The van der Waals surface area contributed by atoms with E-state index in [9.17, 15) is 9.59 Å². The highest BCUT2D eigenvalue weighted by Gasteiger charge is 2.09. The van der Waals surface area contributed by atoms with Crippen molar-refractivity contribution in [3.8, 4) is 11.8 Å². The number of hydrogen-bond acceptors (Lipinski definition) is 5. The maximum absolute atomic E-state index is 11.8. The molecule has 0 bridgehead atoms. The predicted molar refractivity (Wildman–Crippen MR) is 92.2 cm³/mol. The molecule has 0 aromatic heterocycles. The number of amides is 1. The van der Waals surface area contributed by atoms with Crippen molar-refractivity contribution in [2.75, 3.05) is 18.5 Å². The second-order valence-electron chi connectivity index (χ2n) is 5.44. The molecule has 25 heavy (non-hydrogen) atoms. The van der Waals surface area contributed by atoms with E-state index in [4.69, 9.17) is 14.7 Å². The molecule has 0 heterocycles. The van der Waals surface area contributed by atoms with E-state index in [0.717, 1.165) is 11.1 Å². The Morgan fingerprint density at radius 2 is 1.88 bits per heavy atom. The van der Waals surface area contributed by atoms with Gasteiger partial charge in [-0.3, -0.25) is 4.79 Å². The van der Waals surface area contributed by atoms with Gasteiger partial charge < -0.3 is 14.8 Å². The number of carbonyl (C=O) groups excluding carboxylic acids is 2. The lowest BCUT2D eigenvalue weighted by Crippen LogP contribution is -2.23. The van der Waals surface area contributed by atoms with Gasteiger partial charge in [0, 0.05) is 5.69 Å². The molecule has 2 aromatic rings. The van der Waals surface area contributed by atoms with Gasteiger partial charge in [0.1, 0.15) is 5.75 Å². The van der Waals surface area contributed by atoms with Gasteiger partial charge in [-0.1, -0.05) is 12.1 Å². The van der Waals surface area contributed by atoms with Crippen molar-refractivity contribution in [1.29, 1.82) is 5.26 Å². The minimum Gasteiger partial charge on any atom is -0.482 e. The molecule has 0 aliphatic carbocycles. The van der Waals surface area contributed by atoms with Gasteiger partial charge in [0.2, 0.25) is 0 Å². The molecule has 1 N–H and O–H groups in total. The number of carbonyl (C=O) groups is 2. The number of anilines is 1. The first-order chi connectivity index (χ1) is 12.0. The molecule has 128 valence electrons. The van der Waals surface area contributed by atoms with E-state index < -0.39 is 18.5 Å². The summed E-state index contributed by atoms with van der Waals surface area (Å²) < 4.78 is 10.2. The molecule has 0 radical (unpaired) electrons. The van der Waals surface area contributed by atoms with Crippen LogP contribution >= 0.6 is 0 Å². The van der Waals surface area contributed by atoms with E-state index in [1.165, 1.54) is 6.07 Å². The van der Waals surface area contributed by atoms with Crippen molar-refractivity contribution in [3.05, 3.63) is 59.2 Å². The Morgan fingerprint density at radius 1 is 1.08 bits per heavy atom. The average Bonchev–Trinajstić information content (AvgIpc) is 2.61. The Bertz CT molecular complexity index is 824. The van der Waals surface area contributed by atoms with Crippen LogP contribution in [0.15, 0.2) is 42.5 Å². The third kappa shape index (κ3) is 5.66. The summed E-state index contributed by atoms with van der Waals surface area (Å²) in [6.07, 6.45) is 0. The van der Waals surface area contributed by atoms with Gasteiger partial charge in [0.15, 0.2) is 13.2 Å². The summed E-state index contributed by atoms with van der Waals surface area (Å²) in [7, 11) is 0. The summed E-state index contributed by atoms with van der Waals surface area (Å²) in [6, 6.07) is 13.9. The fraction of sp³-hybridized carbons (Fsp3) is 0.211. The average molecular weight is 338 g/mol. The number of nitrogens with one attached hydrogen (secondary N) is 1. The van der Waals surface area contributed by atoms with Crippen LogP contribution in [0.25, 0.3) is 0 Å². The van der Waals surface area contributed by atoms with E-state index >= 15 is 0 Å². The topological polar surface area (TPSA) is 88.4 Å². The van der Waals surface area contributed by atoms with E-state index in [1.807, 2.05) is 32.0 Å². The van der Waals surface area contributed by atoms with Crippen LogP contribution in [0.1, 0.15) is 16.7 Å². The van der Waals surface area contributed by atoms with Crippen molar-refractivity contribution in [3.63, 3.8) is 0 Å². The Hall–Kier alpha value is -3.33. The summed E-state index contributed by atoms with van der Waals surface area (Å²) in [5.74, 6) is -0.563. The minimum atomic E-state index is -0.640. The van der Waals surface area contributed by atoms with Crippen LogP contribution in [0, 0.1) is 25.2 Å². The number of esters is 1.